The molecule has 1 atom stereocenters. The predicted molar refractivity (Wildman–Crippen MR) is 105 cm³/mol. The summed E-state index contributed by atoms with van der Waals surface area (Å²) in [5.41, 5.74) is 9.03. The predicted octanol–water partition coefficient (Wildman–Crippen LogP) is 1.14. The number of pyridine rings is 1. The van der Waals surface area contributed by atoms with Gasteiger partial charge in [0.15, 0.2) is 0 Å². The number of hydrogen-bond acceptors (Lipinski definition) is 6. The van der Waals surface area contributed by atoms with E-state index in [1.807, 2.05) is 36.4 Å². The maximum Gasteiger partial charge on any atom is 0.583 e. The average Bonchev–Trinajstić information content (AvgIpc) is 2.68. The molecule has 6 nitrogen and oxygen atoms in total. The lowest BCUT2D eigenvalue weighted by molar-refractivity contribution is -0.119. The van der Waals surface area contributed by atoms with E-state index in [1.165, 1.54) is 6.21 Å². The van der Waals surface area contributed by atoms with Gasteiger partial charge in [-0.15, -0.1) is 5.16 Å². The third-order valence-corrected chi connectivity index (χ3v) is 4.84. The van der Waals surface area contributed by atoms with E-state index in [1.54, 1.807) is 18.5 Å². The molecule has 0 saturated carbocycles. The van der Waals surface area contributed by atoms with Crippen molar-refractivity contribution in [2.24, 2.45) is 10.9 Å². The van der Waals surface area contributed by atoms with Crippen molar-refractivity contribution in [1.82, 2.24) is 4.98 Å². The van der Waals surface area contributed by atoms with Crippen LogP contribution in [0.4, 0.5) is 0 Å². The number of hydrogen-bond donors (Lipinski definition) is 2. The number of rotatable bonds is 5. The summed E-state index contributed by atoms with van der Waals surface area (Å²) >= 11 is 0. The molecule has 2 heterocycles. The lowest BCUT2D eigenvalue weighted by atomic mass is 9.75. The number of nitrogens with zero attached hydrogens (tertiary/aromatic N) is 2. The molecule has 1 aliphatic heterocycles. The molecule has 0 amide bonds. The van der Waals surface area contributed by atoms with E-state index >= 15 is 0 Å². The number of carbonyl (C=O) groups excluding carboxylic acids is 1. The average molecular weight is 359 g/mol. The standard InChI is InChI=1S/C20H18BN3O3/c22-10-18(15-3-4-19-17(9-15)12-24-27-21(19)26)20(25)8-13-1-2-16-11-23-6-5-14(16)7-13/h1-7,9,11-12,18,26H,8,10,22H2/t18-/m1/s1. The van der Waals surface area contributed by atoms with Gasteiger partial charge in [-0.3, -0.25) is 9.78 Å². The molecule has 0 fully saturated rings. The van der Waals surface area contributed by atoms with Gasteiger partial charge in [0.1, 0.15) is 5.78 Å². The Hall–Kier alpha value is -3.03. The molecule has 134 valence electrons. The topological polar surface area (TPSA) is 97.8 Å². The molecule has 2 aromatic carbocycles. The summed E-state index contributed by atoms with van der Waals surface area (Å²) < 4.78 is 4.82. The Morgan fingerprint density at radius 1 is 1.19 bits per heavy atom. The van der Waals surface area contributed by atoms with Crippen LogP contribution in [0.5, 0.6) is 0 Å². The number of nitrogens with two attached hydrogens (primary N) is 1. The molecular weight excluding hydrogens is 341 g/mol. The highest BCUT2D eigenvalue weighted by atomic mass is 16.6. The summed E-state index contributed by atoms with van der Waals surface area (Å²) in [5.74, 6) is -0.368. The minimum Gasteiger partial charge on any atom is -0.427 e. The number of oxime groups is 1. The van der Waals surface area contributed by atoms with Crippen LogP contribution in [0.15, 0.2) is 60.0 Å². The Labute approximate surface area is 156 Å². The van der Waals surface area contributed by atoms with Crippen molar-refractivity contribution >= 4 is 35.4 Å². The van der Waals surface area contributed by atoms with Gasteiger partial charge in [-0.05, 0) is 34.2 Å². The van der Waals surface area contributed by atoms with Gasteiger partial charge in [-0.2, -0.15) is 0 Å². The first-order valence-corrected chi connectivity index (χ1v) is 8.72. The number of Topliss-reactive ketones (excluding diaryl/α,β-unsaturated/α-hetero) is 1. The van der Waals surface area contributed by atoms with Crippen LogP contribution in [0.1, 0.15) is 22.6 Å². The van der Waals surface area contributed by atoms with E-state index in [0.717, 1.165) is 27.5 Å². The summed E-state index contributed by atoms with van der Waals surface area (Å²) in [6.07, 6.45) is 5.37. The fourth-order valence-corrected chi connectivity index (χ4v) is 3.37. The number of ketones is 1. The van der Waals surface area contributed by atoms with Crippen LogP contribution in [0, 0.1) is 0 Å². The Balaban J connectivity index is 1.58. The monoisotopic (exact) mass is 359 g/mol. The molecule has 4 rings (SSSR count). The van der Waals surface area contributed by atoms with Crippen LogP contribution < -0.4 is 11.2 Å². The highest BCUT2D eigenvalue weighted by Crippen LogP contribution is 2.21. The highest BCUT2D eigenvalue weighted by molar-refractivity contribution is 6.62. The Bertz CT molecular complexity index is 1040. The minimum atomic E-state index is -1.09. The third-order valence-electron chi connectivity index (χ3n) is 4.84. The van der Waals surface area contributed by atoms with E-state index in [4.69, 9.17) is 10.5 Å². The molecule has 27 heavy (non-hydrogen) atoms. The largest absolute Gasteiger partial charge is 0.583 e. The van der Waals surface area contributed by atoms with Crippen LogP contribution >= 0.6 is 0 Å². The normalized spacial score (nSPS) is 13.9. The van der Waals surface area contributed by atoms with Crippen molar-refractivity contribution in [1.29, 1.82) is 0 Å². The first-order valence-electron chi connectivity index (χ1n) is 8.72. The van der Waals surface area contributed by atoms with Crippen LogP contribution in [0.3, 0.4) is 0 Å². The zero-order valence-electron chi connectivity index (χ0n) is 14.6. The maximum absolute atomic E-state index is 12.9. The Morgan fingerprint density at radius 3 is 2.93 bits per heavy atom. The SMILES string of the molecule is NC[C@@H](C(=O)Cc1ccc2cnccc2c1)c1ccc2c(c1)C=NOB2O. The fourth-order valence-electron chi connectivity index (χ4n) is 3.37. The molecule has 3 aromatic rings. The molecule has 0 radical (unpaired) electrons. The van der Waals surface area contributed by atoms with E-state index < -0.39 is 13.0 Å². The van der Waals surface area contributed by atoms with Crippen molar-refractivity contribution in [3.63, 3.8) is 0 Å². The minimum absolute atomic E-state index is 0.0513. The molecule has 1 aliphatic rings. The maximum atomic E-state index is 12.9. The molecule has 0 bridgehead atoms. The highest BCUT2D eigenvalue weighted by Gasteiger charge is 2.27. The van der Waals surface area contributed by atoms with E-state index in [9.17, 15) is 9.82 Å². The van der Waals surface area contributed by atoms with Gasteiger partial charge in [-0.1, -0.05) is 30.3 Å². The van der Waals surface area contributed by atoms with Crippen LogP contribution in [-0.4, -0.2) is 35.7 Å². The summed E-state index contributed by atoms with van der Waals surface area (Å²) in [6.45, 7) is 0.214. The Kier molecular flexibility index (Phi) is 4.70. The van der Waals surface area contributed by atoms with Crippen molar-refractivity contribution < 1.29 is 14.6 Å². The zero-order chi connectivity index (χ0) is 18.8. The molecule has 1 aromatic heterocycles. The molecule has 3 N–H and O–H groups in total. The van der Waals surface area contributed by atoms with Crippen LogP contribution in [0.25, 0.3) is 10.8 Å². The lowest BCUT2D eigenvalue weighted by Crippen LogP contribution is -2.38. The summed E-state index contributed by atoms with van der Waals surface area (Å²) in [4.78, 5) is 17.0. The number of aromatic nitrogens is 1. The smallest absolute Gasteiger partial charge is 0.427 e. The van der Waals surface area contributed by atoms with E-state index in [-0.39, 0.29) is 12.3 Å². The van der Waals surface area contributed by atoms with Crippen molar-refractivity contribution in [2.45, 2.75) is 12.3 Å². The number of carbonyl (C=O) groups is 1. The van der Waals surface area contributed by atoms with Gasteiger partial charge in [0, 0.05) is 36.2 Å². The Morgan fingerprint density at radius 2 is 2.07 bits per heavy atom. The van der Waals surface area contributed by atoms with Gasteiger partial charge in [0.05, 0.1) is 12.1 Å². The van der Waals surface area contributed by atoms with E-state index in [0.29, 0.717) is 11.9 Å². The van der Waals surface area contributed by atoms with Crippen molar-refractivity contribution in [3.05, 3.63) is 71.5 Å². The quantitative estimate of drug-likeness (QED) is 0.666. The summed E-state index contributed by atoms with van der Waals surface area (Å²) in [6, 6.07) is 13.3. The third kappa shape index (κ3) is 3.47. The van der Waals surface area contributed by atoms with Gasteiger partial charge in [0.2, 0.25) is 0 Å². The van der Waals surface area contributed by atoms with Crippen LogP contribution in [-0.2, 0) is 16.0 Å². The molecule has 0 saturated heterocycles. The zero-order valence-corrected chi connectivity index (χ0v) is 14.6. The molecule has 0 spiro atoms. The first kappa shape index (κ1) is 17.4. The summed E-state index contributed by atoms with van der Waals surface area (Å²) in [7, 11) is -1.09. The second kappa shape index (κ2) is 7.30. The number of benzene rings is 2. The first-order chi connectivity index (χ1) is 13.2. The van der Waals surface area contributed by atoms with Crippen molar-refractivity contribution in [2.75, 3.05) is 6.54 Å². The molecule has 7 heteroatoms. The van der Waals surface area contributed by atoms with Gasteiger partial charge >= 0.3 is 7.12 Å². The van der Waals surface area contributed by atoms with E-state index in [2.05, 4.69) is 10.1 Å². The summed E-state index contributed by atoms with van der Waals surface area (Å²) in [5, 5.41) is 15.6. The second-order valence-corrected chi connectivity index (χ2v) is 6.57. The fraction of sp³-hybridized carbons (Fsp3) is 0.150. The van der Waals surface area contributed by atoms with Gasteiger partial charge < -0.3 is 15.5 Å². The van der Waals surface area contributed by atoms with Crippen molar-refractivity contribution in [3.8, 4) is 0 Å². The number of fused-ring (bicyclic) bond motifs is 2. The lowest BCUT2D eigenvalue weighted by Gasteiger charge is -2.18. The van der Waals surface area contributed by atoms with Gasteiger partial charge in [-0.25, -0.2) is 0 Å². The molecule has 0 aliphatic carbocycles. The van der Waals surface area contributed by atoms with Gasteiger partial charge in [0.25, 0.3) is 0 Å². The molecular formula is C20H18BN3O3. The molecule has 0 unspecified atom stereocenters. The van der Waals surface area contributed by atoms with Crippen LogP contribution in [0.2, 0.25) is 0 Å². The second-order valence-electron chi connectivity index (χ2n) is 6.57.